The molecule has 0 amide bonds. The fourth-order valence-corrected chi connectivity index (χ4v) is 9.86. The maximum atomic E-state index is 5.44. The molecule has 0 unspecified atom stereocenters. The molecule has 57 heavy (non-hydrogen) atoms. The van der Waals surface area contributed by atoms with Crippen LogP contribution in [0.2, 0.25) is 0 Å². The summed E-state index contributed by atoms with van der Waals surface area (Å²) in [6.07, 6.45) is 0. The molecule has 0 atom stereocenters. The molecule has 4 aromatic heterocycles. The Balaban J connectivity index is 0.992. The maximum Gasteiger partial charge on any atom is 0.0972 e. The fourth-order valence-electron chi connectivity index (χ4n) is 8.63. The van der Waals surface area contributed by atoms with Crippen LogP contribution in [0.1, 0.15) is 0 Å². The Morgan fingerprint density at radius 2 is 0.930 bits per heavy atom. The van der Waals surface area contributed by atoms with E-state index in [2.05, 4.69) is 170 Å². The van der Waals surface area contributed by atoms with E-state index in [0.717, 1.165) is 61.1 Å². The van der Waals surface area contributed by atoms with Crippen molar-refractivity contribution in [3.05, 3.63) is 188 Å². The summed E-state index contributed by atoms with van der Waals surface area (Å²) < 4.78 is 2.52. The number of hydrogen-bond acceptors (Lipinski definition) is 4. The van der Waals surface area contributed by atoms with Gasteiger partial charge >= 0.3 is 0 Å². The number of nitrogens with zero attached hydrogens (tertiary/aromatic N) is 3. The zero-order valence-electron chi connectivity index (χ0n) is 30.6. The van der Waals surface area contributed by atoms with Crippen LogP contribution in [0.15, 0.2) is 188 Å². The van der Waals surface area contributed by atoms with Crippen LogP contribution in [-0.4, -0.2) is 15.0 Å². The van der Waals surface area contributed by atoms with Gasteiger partial charge in [-0.2, -0.15) is 0 Å². The lowest BCUT2D eigenvalue weighted by Gasteiger charge is -2.13. The van der Waals surface area contributed by atoms with Crippen molar-refractivity contribution >= 4 is 85.8 Å². The van der Waals surface area contributed by atoms with Crippen LogP contribution in [0, 0.1) is 0 Å². The van der Waals surface area contributed by atoms with Crippen LogP contribution in [0.25, 0.3) is 119 Å². The van der Waals surface area contributed by atoms with Crippen molar-refractivity contribution in [1.82, 2.24) is 15.0 Å². The van der Waals surface area contributed by atoms with Gasteiger partial charge in [-0.3, -0.25) is 0 Å². The zero-order valence-corrected chi connectivity index (χ0v) is 31.5. The Kier molecular flexibility index (Phi) is 7.10. The summed E-state index contributed by atoms with van der Waals surface area (Å²) in [5.74, 6) is 0. The standard InChI is InChI=1S/C53H31N3S/c1-2-10-32(11-3-1)45-27-24-35-22-23-36-25-28-46(55-52(36)51(35)54-45)33-18-20-34(21-19-33)50-49-42-16-8-9-17-48(42)57-53(49)44-31-38(26-29-47(44)56-50)43-30-37-12-4-5-13-39(37)40-14-6-7-15-41(40)43/h1-31H. The summed E-state index contributed by atoms with van der Waals surface area (Å²) in [6, 6.07) is 67.2. The van der Waals surface area contributed by atoms with E-state index in [1.54, 1.807) is 0 Å². The third kappa shape index (κ3) is 5.15. The molecule has 0 spiro atoms. The van der Waals surface area contributed by atoms with Crippen molar-refractivity contribution in [3.8, 4) is 44.9 Å². The maximum absolute atomic E-state index is 5.44. The van der Waals surface area contributed by atoms with Crippen LogP contribution in [0.5, 0.6) is 0 Å². The summed E-state index contributed by atoms with van der Waals surface area (Å²) in [4.78, 5) is 15.8. The molecule has 264 valence electrons. The highest BCUT2D eigenvalue weighted by atomic mass is 32.1. The Labute approximate surface area is 332 Å². The van der Waals surface area contributed by atoms with Gasteiger partial charge in [0.2, 0.25) is 0 Å². The van der Waals surface area contributed by atoms with Gasteiger partial charge < -0.3 is 0 Å². The number of thiophene rings is 1. The van der Waals surface area contributed by atoms with Crippen molar-refractivity contribution in [1.29, 1.82) is 0 Å². The Morgan fingerprint density at radius 1 is 0.351 bits per heavy atom. The van der Waals surface area contributed by atoms with E-state index >= 15 is 0 Å². The van der Waals surface area contributed by atoms with Crippen molar-refractivity contribution in [2.45, 2.75) is 0 Å². The van der Waals surface area contributed by atoms with E-state index < -0.39 is 0 Å². The highest BCUT2D eigenvalue weighted by Crippen LogP contribution is 2.45. The Hall–Kier alpha value is -7.27. The summed E-state index contributed by atoms with van der Waals surface area (Å²) >= 11 is 1.86. The molecule has 0 fully saturated rings. The number of pyridine rings is 3. The molecule has 0 saturated carbocycles. The molecule has 0 saturated heterocycles. The summed E-state index contributed by atoms with van der Waals surface area (Å²) in [6.45, 7) is 0. The number of aromatic nitrogens is 3. The monoisotopic (exact) mass is 741 g/mol. The van der Waals surface area contributed by atoms with Crippen molar-refractivity contribution in [2.24, 2.45) is 0 Å². The van der Waals surface area contributed by atoms with Gasteiger partial charge in [0.15, 0.2) is 0 Å². The zero-order chi connectivity index (χ0) is 37.5. The fraction of sp³-hybridized carbons (Fsp3) is 0. The molecule has 4 heterocycles. The average Bonchev–Trinajstić information content (AvgIpc) is 3.68. The van der Waals surface area contributed by atoms with Crippen molar-refractivity contribution in [3.63, 3.8) is 0 Å². The lowest BCUT2D eigenvalue weighted by molar-refractivity contribution is 1.36. The third-order valence-corrected chi connectivity index (χ3v) is 12.6. The van der Waals surface area contributed by atoms with Crippen LogP contribution < -0.4 is 0 Å². The van der Waals surface area contributed by atoms with Gasteiger partial charge in [-0.1, -0.05) is 152 Å². The molecule has 12 rings (SSSR count). The summed E-state index contributed by atoms with van der Waals surface area (Å²) in [5, 5.41) is 10.8. The van der Waals surface area contributed by atoms with Gasteiger partial charge in [0, 0.05) is 53.0 Å². The van der Waals surface area contributed by atoms with Crippen LogP contribution in [-0.2, 0) is 0 Å². The predicted molar refractivity (Wildman–Crippen MR) is 242 cm³/mol. The van der Waals surface area contributed by atoms with Crippen molar-refractivity contribution < 1.29 is 0 Å². The minimum atomic E-state index is 0.908. The molecule has 0 radical (unpaired) electrons. The van der Waals surface area contributed by atoms with E-state index in [-0.39, 0.29) is 0 Å². The largest absolute Gasteiger partial charge is 0.247 e. The minimum absolute atomic E-state index is 0.908. The van der Waals surface area contributed by atoms with Gasteiger partial charge in [0.05, 0.1) is 33.6 Å². The SMILES string of the molecule is c1ccc(-c2ccc3ccc4ccc(-c5ccc(-c6nc7ccc(-c8cc9ccccc9c9ccccc89)cc7c7sc8ccccc8c67)cc5)nc4c3n2)cc1. The lowest BCUT2D eigenvalue weighted by atomic mass is 9.92. The third-order valence-electron chi connectivity index (χ3n) is 11.4. The quantitative estimate of drug-likeness (QED) is 0.169. The van der Waals surface area contributed by atoms with Crippen molar-refractivity contribution in [2.75, 3.05) is 0 Å². The molecule has 0 aliphatic carbocycles. The number of fused-ring (bicyclic) bond motifs is 11. The molecular formula is C53H31N3S. The van der Waals surface area contributed by atoms with Gasteiger partial charge in [0.25, 0.3) is 0 Å². The Morgan fingerprint density at radius 3 is 1.68 bits per heavy atom. The second-order valence-corrected chi connectivity index (χ2v) is 15.8. The van der Waals surface area contributed by atoms with Crippen LogP contribution in [0.4, 0.5) is 0 Å². The molecule has 4 heteroatoms. The summed E-state index contributed by atoms with van der Waals surface area (Å²) in [7, 11) is 0. The van der Waals surface area contributed by atoms with Gasteiger partial charge in [-0.15, -0.1) is 11.3 Å². The van der Waals surface area contributed by atoms with Gasteiger partial charge in [-0.05, 0) is 69.1 Å². The molecular weight excluding hydrogens is 711 g/mol. The highest BCUT2D eigenvalue weighted by molar-refractivity contribution is 7.26. The van der Waals surface area contributed by atoms with E-state index in [1.807, 2.05) is 29.5 Å². The number of benzene rings is 8. The first-order valence-electron chi connectivity index (χ1n) is 19.3. The number of hydrogen-bond donors (Lipinski definition) is 0. The summed E-state index contributed by atoms with van der Waals surface area (Å²) in [5.41, 5.74) is 11.3. The van der Waals surface area contributed by atoms with Gasteiger partial charge in [-0.25, -0.2) is 15.0 Å². The van der Waals surface area contributed by atoms with E-state index in [9.17, 15) is 0 Å². The second kappa shape index (κ2) is 12.6. The average molecular weight is 742 g/mol. The molecule has 3 nitrogen and oxygen atoms in total. The normalized spacial score (nSPS) is 11.9. The van der Waals surface area contributed by atoms with E-state index in [1.165, 1.54) is 58.2 Å². The second-order valence-electron chi connectivity index (χ2n) is 14.7. The molecule has 0 N–H and O–H groups in total. The molecule has 0 bridgehead atoms. The minimum Gasteiger partial charge on any atom is -0.247 e. The first-order chi connectivity index (χ1) is 28.2. The first-order valence-corrected chi connectivity index (χ1v) is 20.1. The Bertz CT molecular complexity index is 3570. The molecule has 0 aliphatic heterocycles. The molecule has 0 aliphatic rings. The topological polar surface area (TPSA) is 38.7 Å². The van der Waals surface area contributed by atoms with Crippen LogP contribution >= 0.6 is 11.3 Å². The van der Waals surface area contributed by atoms with Gasteiger partial charge in [0.1, 0.15) is 0 Å². The number of rotatable bonds is 4. The first kappa shape index (κ1) is 32.0. The molecule has 12 aromatic rings. The smallest absolute Gasteiger partial charge is 0.0972 e. The predicted octanol–water partition coefficient (Wildman–Crippen LogP) is 14.7. The lowest BCUT2D eigenvalue weighted by Crippen LogP contribution is -1.92. The molecule has 8 aromatic carbocycles. The van der Waals surface area contributed by atoms with E-state index in [0.29, 0.717) is 0 Å². The van der Waals surface area contributed by atoms with Crippen LogP contribution in [0.3, 0.4) is 0 Å². The highest BCUT2D eigenvalue weighted by Gasteiger charge is 2.18. The van der Waals surface area contributed by atoms with E-state index in [4.69, 9.17) is 15.0 Å².